The Balaban J connectivity index is 1.63. The van der Waals surface area contributed by atoms with Crippen molar-refractivity contribution in [2.45, 2.75) is 24.8 Å². The summed E-state index contributed by atoms with van der Waals surface area (Å²) in [6.07, 6.45) is -7.25. The van der Waals surface area contributed by atoms with E-state index < -0.39 is 36.0 Å². The molecular weight excluding hydrogens is 564 g/mol. The highest BCUT2D eigenvalue weighted by atomic mass is 35.5. The number of hydrogen-bond acceptors (Lipinski definition) is 8. The molecule has 0 saturated heterocycles. The molecule has 16 heteroatoms. The fraction of sp³-hybridized carbons (Fsp3) is 0.375. The summed E-state index contributed by atoms with van der Waals surface area (Å²) in [6.45, 7) is 1.27. The van der Waals surface area contributed by atoms with Crippen molar-refractivity contribution >= 4 is 34.4 Å². The number of halogens is 7. The van der Waals surface area contributed by atoms with E-state index >= 15 is 0 Å². The van der Waals surface area contributed by atoms with Gasteiger partial charge in [0.2, 0.25) is 23.5 Å². The van der Waals surface area contributed by atoms with Crippen LogP contribution in [0, 0.1) is 0 Å². The summed E-state index contributed by atoms with van der Waals surface area (Å²) >= 11 is 6.20. The third kappa shape index (κ3) is 5.61. The van der Waals surface area contributed by atoms with Gasteiger partial charge in [-0.15, -0.1) is 0 Å². The maximum Gasteiger partial charge on any atom is 0.451 e. The Kier molecular flexibility index (Phi) is 7.20. The second-order valence-electron chi connectivity index (χ2n) is 9.40. The van der Waals surface area contributed by atoms with Crippen LogP contribution in [0.25, 0.3) is 10.9 Å². The van der Waals surface area contributed by atoms with E-state index in [0.717, 1.165) is 10.9 Å². The maximum absolute atomic E-state index is 13.5. The van der Waals surface area contributed by atoms with Crippen molar-refractivity contribution in [3.8, 4) is 0 Å². The number of fused-ring (bicyclic) bond motifs is 3. The monoisotopic (exact) mass is 585 g/mol. The molecule has 4 heterocycles. The molecule has 1 aromatic carbocycles. The van der Waals surface area contributed by atoms with Crippen LogP contribution in [-0.2, 0) is 18.8 Å². The smallest absolute Gasteiger partial charge is 0.356 e. The molecule has 0 spiro atoms. The molecule has 0 unspecified atom stereocenters. The van der Waals surface area contributed by atoms with Gasteiger partial charge in [-0.1, -0.05) is 11.6 Å². The minimum atomic E-state index is -5.23. The second kappa shape index (κ2) is 10.4. The van der Waals surface area contributed by atoms with Gasteiger partial charge >= 0.3 is 12.4 Å². The molecule has 1 aliphatic heterocycles. The normalized spacial score (nSPS) is 16.1. The number of nitrogens with one attached hydrogen (secondary N) is 2. The Hall–Kier alpha value is -3.72. The van der Waals surface area contributed by atoms with Gasteiger partial charge in [-0.3, -0.25) is 0 Å². The second-order valence-corrected chi connectivity index (χ2v) is 9.84. The van der Waals surface area contributed by atoms with Gasteiger partial charge in [0.1, 0.15) is 6.04 Å². The van der Waals surface area contributed by atoms with Crippen molar-refractivity contribution in [2.75, 3.05) is 43.9 Å². The van der Waals surface area contributed by atoms with Crippen LogP contribution in [-0.4, -0.2) is 68.5 Å². The Morgan fingerprint density at radius 3 is 2.27 bits per heavy atom. The van der Waals surface area contributed by atoms with Crippen LogP contribution in [0.15, 0.2) is 30.6 Å². The fourth-order valence-electron chi connectivity index (χ4n) is 4.53. The van der Waals surface area contributed by atoms with Gasteiger partial charge in [0.25, 0.3) is 0 Å². The summed E-state index contributed by atoms with van der Waals surface area (Å²) in [5, 5.41) is 4.33. The molecule has 0 saturated carbocycles. The third-order valence-electron chi connectivity index (χ3n) is 6.31. The van der Waals surface area contributed by atoms with Gasteiger partial charge in [0.15, 0.2) is 0 Å². The molecule has 0 fully saturated rings. The summed E-state index contributed by atoms with van der Waals surface area (Å²) in [5.41, 5.74) is 2.45. The van der Waals surface area contributed by atoms with E-state index in [0.29, 0.717) is 40.8 Å². The number of H-pyrrole nitrogens is 1. The first-order chi connectivity index (χ1) is 18.8. The van der Waals surface area contributed by atoms with Crippen LogP contribution < -0.4 is 10.2 Å². The minimum absolute atomic E-state index is 0.00141. The average Bonchev–Trinajstić information content (AvgIpc) is 3.25. The number of aromatic nitrogens is 6. The van der Waals surface area contributed by atoms with Crippen LogP contribution in [0.5, 0.6) is 0 Å². The van der Waals surface area contributed by atoms with Crippen molar-refractivity contribution in [3.63, 3.8) is 0 Å². The largest absolute Gasteiger partial charge is 0.451 e. The maximum atomic E-state index is 13.5. The minimum Gasteiger partial charge on any atom is -0.356 e. The Labute approximate surface area is 228 Å². The quantitative estimate of drug-likeness (QED) is 0.307. The van der Waals surface area contributed by atoms with Gasteiger partial charge in [0, 0.05) is 59.2 Å². The highest BCUT2D eigenvalue weighted by molar-refractivity contribution is 6.31. The number of nitrogens with zero attached hydrogens (tertiary/aromatic N) is 7. The lowest BCUT2D eigenvalue weighted by Gasteiger charge is -2.36. The van der Waals surface area contributed by atoms with Crippen molar-refractivity contribution in [3.05, 3.63) is 64.1 Å². The molecule has 0 aliphatic carbocycles. The van der Waals surface area contributed by atoms with Gasteiger partial charge in [-0.05, 0) is 44.3 Å². The van der Waals surface area contributed by atoms with Crippen LogP contribution in [0.4, 0.5) is 38.2 Å². The first-order valence-electron chi connectivity index (χ1n) is 12.0. The number of anilines is 2. The van der Waals surface area contributed by atoms with Crippen LogP contribution in [0.1, 0.15) is 34.5 Å². The Morgan fingerprint density at radius 1 is 1.02 bits per heavy atom. The molecule has 3 aromatic heterocycles. The average molecular weight is 586 g/mol. The lowest BCUT2D eigenvalue weighted by molar-refractivity contribution is -0.155. The van der Waals surface area contributed by atoms with E-state index in [4.69, 9.17) is 11.6 Å². The molecular formula is C24H22ClF6N9. The van der Waals surface area contributed by atoms with E-state index in [1.165, 1.54) is 17.3 Å². The van der Waals surface area contributed by atoms with E-state index in [9.17, 15) is 26.3 Å². The predicted octanol–water partition coefficient (Wildman–Crippen LogP) is 4.96. The summed E-state index contributed by atoms with van der Waals surface area (Å²) < 4.78 is 81.3. The highest BCUT2D eigenvalue weighted by Gasteiger charge is 2.43. The first kappa shape index (κ1) is 27.8. The van der Waals surface area contributed by atoms with E-state index in [-0.39, 0.29) is 13.0 Å². The molecule has 1 aliphatic rings. The van der Waals surface area contributed by atoms with Crippen LogP contribution in [0.3, 0.4) is 0 Å². The number of rotatable bonds is 6. The third-order valence-corrected chi connectivity index (χ3v) is 6.54. The van der Waals surface area contributed by atoms with Crippen LogP contribution >= 0.6 is 11.6 Å². The molecule has 9 nitrogen and oxygen atoms in total. The number of hydrogen-bond donors (Lipinski definition) is 2. The number of aromatic amines is 1. The summed E-state index contributed by atoms with van der Waals surface area (Å²) in [7, 11) is 3.81. The van der Waals surface area contributed by atoms with Crippen molar-refractivity contribution in [1.29, 1.82) is 0 Å². The highest BCUT2D eigenvalue weighted by Crippen LogP contribution is 2.41. The summed E-state index contributed by atoms with van der Waals surface area (Å²) in [5.74, 6) is -4.32. The lowest BCUT2D eigenvalue weighted by atomic mass is 9.94. The number of alkyl halides is 6. The first-order valence-corrected chi connectivity index (χ1v) is 12.4. The van der Waals surface area contributed by atoms with Crippen molar-refractivity contribution < 1.29 is 26.3 Å². The lowest BCUT2D eigenvalue weighted by Crippen LogP contribution is -2.38. The standard InChI is InChI=1S/C24H22ClF6N9/c1-39(2)8-6-32-21-33-10-12(11-34-21)18-17-14(15-9-13(25)3-4-16(15)35-17)5-7-40(18)22-37-19(23(26,27)28)36-20(38-22)24(29,30)31/h3-4,9-11,18,35H,5-8H2,1-2H3,(H,32,33,34)/t18-/m0/s1. The zero-order valence-electron chi connectivity index (χ0n) is 21.1. The zero-order chi connectivity index (χ0) is 28.8. The van der Waals surface area contributed by atoms with Crippen LogP contribution in [0.2, 0.25) is 5.02 Å². The van der Waals surface area contributed by atoms with E-state index in [2.05, 4.69) is 35.2 Å². The van der Waals surface area contributed by atoms with Gasteiger partial charge in [-0.2, -0.15) is 36.3 Å². The predicted molar refractivity (Wildman–Crippen MR) is 135 cm³/mol. The van der Waals surface area contributed by atoms with E-state index in [1.807, 2.05) is 19.0 Å². The van der Waals surface area contributed by atoms with Gasteiger partial charge in [0.05, 0.1) is 0 Å². The molecule has 4 aromatic rings. The van der Waals surface area contributed by atoms with Crippen molar-refractivity contribution in [2.24, 2.45) is 0 Å². The topological polar surface area (TPSA) is 98.8 Å². The number of benzene rings is 1. The molecule has 212 valence electrons. The van der Waals surface area contributed by atoms with E-state index in [1.54, 1.807) is 18.2 Å². The number of likely N-dealkylation sites (N-methyl/N-ethyl adjacent to an activating group) is 1. The Morgan fingerprint density at radius 2 is 1.68 bits per heavy atom. The molecule has 0 amide bonds. The summed E-state index contributed by atoms with van der Waals surface area (Å²) in [6, 6.07) is 4.24. The van der Waals surface area contributed by atoms with Crippen molar-refractivity contribution in [1.82, 2.24) is 34.8 Å². The molecule has 5 rings (SSSR count). The molecule has 0 radical (unpaired) electrons. The summed E-state index contributed by atoms with van der Waals surface area (Å²) in [4.78, 5) is 24.6. The molecule has 1 atom stereocenters. The SMILES string of the molecule is CN(C)CCNc1ncc([C@H]2c3[nH]c4ccc(Cl)cc4c3CCN2c2nc(C(F)(F)F)nc(C(F)(F)F)n2)cn1. The van der Waals surface area contributed by atoms with Gasteiger partial charge in [-0.25, -0.2) is 15.0 Å². The fourth-order valence-corrected chi connectivity index (χ4v) is 4.70. The Bertz CT molecular complexity index is 1490. The molecule has 2 N–H and O–H groups in total. The zero-order valence-corrected chi connectivity index (χ0v) is 21.8. The molecule has 40 heavy (non-hydrogen) atoms. The molecule has 0 bridgehead atoms. The van der Waals surface area contributed by atoms with Gasteiger partial charge < -0.3 is 20.1 Å².